The van der Waals surface area contributed by atoms with E-state index >= 15 is 0 Å². The molecule has 2 aromatic heterocycles. The van der Waals surface area contributed by atoms with Gasteiger partial charge in [0, 0.05) is 29.4 Å². The van der Waals surface area contributed by atoms with Gasteiger partial charge in [-0.25, -0.2) is 18.1 Å². The zero-order valence-electron chi connectivity index (χ0n) is 15.9. The standard InChI is InChI=1S/C20H23N3O2S2/c1-13-10-15(3)19(11-14(13)2)27(24,25)22-9-7-18-16(4)23-20(26-18)17-6-5-8-21-12-17/h5-6,8,10-12,22H,7,9H2,1-4H3. The van der Waals surface area contributed by atoms with Crippen molar-refractivity contribution in [2.75, 3.05) is 6.54 Å². The summed E-state index contributed by atoms with van der Waals surface area (Å²) < 4.78 is 28.1. The van der Waals surface area contributed by atoms with E-state index in [1.165, 1.54) is 0 Å². The predicted octanol–water partition coefficient (Wildman–Crippen LogP) is 3.96. The molecule has 0 fully saturated rings. The molecule has 0 bridgehead atoms. The second-order valence-corrected chi connectivity index (χ2v) is 9.44. The minimum absolute atomic E-state index is 0.338. The molecule has 7 heteroatoms. The van der Waals surface area contributed by atoms with Gasteiger partial charge < -0.3 is 0 Å². The van der Waals surface area contributed by atoms with Crippen LogP contribution in [0.4, 0.5) is 0 Å². The highest BCUT2D eigenvalue weighted by atomic mass is 32.2. The number of thiazole rings is 1. The largest absolute Gasteiger partial charge is 0.264 e. The molecule has 0 aliphatic rings. The molecule has 0 saturated carbocycles. The number of hydrogen-bond donors (Lipinski definition) is 1. The van der Waals surface area contributed by atoms with Crippen molar-refractivity contribution in [1.82, 2.24) is 14.7 Å². The molecule has 3 rings (SSSR count). The summed E-state index contributed by atoms with van der Waals surface area (Å²) in [5.74, 6) is 0. The number of pyridine rings is 1. The highest BCUT2D eigenvalue weighted by molar-refractivity contribution is 7.89. The summed E-state index contributed by atoms with van der Waals surface area (Å²) in [4.78, 5) is 10.1. The predicted molar refractivity (Wildman–Crippen MR) is 110 cm³/mol. The first-order valence-electron chi connectivity index (χ1n) is 8.72. The quantitative estimate of drug-likeness (QED) is 0.679. The van der Waals surface area contributed by atoms with Gasteiger partial charge in [-0.1, -0.05) is 6.07 Å². The zero-order valence-corrected chi connectivity index (χ0v) is 17.5. The second-order valence-electron chi connectivity index (χ2n) is 6.62. The van der Waals surface area contributed by atoms with Crippen LogP contribution in [0.3, 0.4) is 0 Å². The van der Waals surface area contributed by atoms with Gasteiger partial charge in [0.05, 0.1) is 10.6 Å². The van der Waals surface area contributed by atoms with Crippen LogP contribution in [-0.2, 0) is 16.4 Å². The van der Waals surface area contributed by atoms with Gasteiger partial charge in [-0.3, -0.25) is 4.98 Å². The first kappa shape index (κ1) is 19.7. The molecular formula is C20H23N3O2S2. The maximum absolute atomic E-state index is 12.7. The summed E-state index contributed by atoms with van der Waals surface area (Å²) in [5, 5.41) is 0.906. The van der Waals surface area contributed by atoms with E-state index in [9.17, 15) is 8.42 Å². The molecule has 0 saturated heterocycles. The fraction of sp³-hybridized carbons (Fsp3) is 0.300. The van der Waals surface area contributed by atoms with Gasteiger partial charge in [-0.2, -0.15) is 0 Å². The molecule has 0 aliphatic heterocycles. The summed E-state index contributed by atoms with van der Waals surface area (Å²) in [5.41, 5.74) is 4.73. The molecule has 1 N–H and O–H groups in total. The van der Waals surface area contributed by atoms with E-state index in [1.807, 2.05) is 45.9 Å². The molecule has 0 aliphatic carbocycles. The van der Waals surface area contributed by atoms with Crippen LogP contribution in [0.25, 0.3) is 10.6 Å². The Bertz CT molecular complexity index is 1060. The molecular weight excluding hydrogens is 378 g/mol. The minimum atomic E-state index is -3.53. The molecule has 5 nitrogen and oxygen atoms in total. The fourth-order valence-corrected chi connectivity index (χ4v) is 5.27. The van der Waals surface area contributed by atoms with E-state index in [4.69, 9.17) is 0 Å². The van der Waals surface area contributed by atoms with Crippen LogP contribution in [0.15, 0.2) is 41.6 Å². The third kappa shape index (κ3) is 4.43. The number of benzene rings is 1. The average molecular weight is 402 g/mol. The molecule has 0 radical (unpaired) electrons. The SMILES string of the molecule is Cc1cc(C)c(S(=O)(=O)NCCc2sc(-c3cccnc3)nc2C)cc1C. The third-order valence-electron chi connectivity index (χ3n) is 4.53. The maximum Gasteiger partial charge on any atom is 0.240 e. The van der Waals surface area contributed by atoms with Crippen LogP contribution in [0.5, 0.6) is 0 Å². The van der Waals surface area contributed by atoms with Crippen molar-refractivity contribution in [3.05, 3.63) is 63.9 Å². The van der Waals surface area contributed by atoms with E-state index in [2.05, 4.69) is 14.7 Å². The van der Waals surface area contributed by atoms with Gasteiger partial charge in [0.1, 0.15) is 5.01 Å². The van der Waals surface area contributed by atoms with Crippen molar-refractivity contribution in [2.45, 2.75) is 39.0 Å². The molecule has 0 atom stereocenters. The molecule has 142 valence electrons. The van der Waals surface area contributed by atoms with E-state index in [0.29, 0.717) is 17.9 Å². The number of hydrogen-bond acceptors (Lipinski definition) is 5. The van der Waals surface area contributed by atoms with Gasteiger partial charge in [0.2, 0.25) is 10.0 Å². The van der Waals surface area contributed by atoms with Crippen LogP contribution in [0.1, 0.15) is 27.3 Å². The number of aromatic nitrogens is 2. The Morgan fingerprint density at radius 2 is 1.81 bits per heavy atom. The lowest BCUT2D eigenvalue weighted by Crippen LogP contribution is -2.26. The van der Waals surface area contributed by atoms with E-state index in [1.54, 1.807) is 29.8 Å². The summed E-state index contributed by atoms with van der Waals surface area (Å²) >= 11 is 1.58. The minimum Gasteiger partial charge on any atom is -0.264 e. The van der Waals surface area contributed by atoms with Crippen LogP contribution in [0, 0.1) is 27.7 Å². The summed E-state index contributed by atoms with van der Waals surface area (Å²) in [6.07, 6.45) is 4.12. The number of nitrogens with zero attached hydrogens (tertiary/aromatic N) is 2. The van der Waals surface area contributed by atoms with Crippen LogP contribution < -0.4 is 4.72 Å². The number of rotatable bonds is 6. The topological polar surface area (TPSA) is 72.0 Å². The Hall–Kier alpha value is -2.09. The van der Waals surface area contributed by atoms with Crippen molar-refractivity contribution < 1.29 is 8.42 Å². The average Bonchev–Trinajstić information content (AvgIpc) is 2.99. The molecule has 0 spiro atoms. The Balaban J connectivity index is 1.71. The van der Waals surface area contributed by atoms with E-state index in [0.717, 1.165) is 37.8 Å². The first-order chi connectivity index (χ1) is 12.8. The molecule has 27 heavy (non-hydrogen) atoms. The van der Waals surface area contributed by atoms with Crippen LogP contribution in [-0.4, -0.2) is 24.9 Å². The summed E-state index contributed by atoms with van der Waals surface area (Å²) in [7, 11) is -3.53. The smallest absolute Gasteiger partial charge is 0.240 e. The number of aryl methyl sites for hydroxylation is 4. The molecule has 0 amide bonds. The van der Waals surface area contributed by atoms with E-state index < -0.39 is 10.0 Å². The highest BCUT2D eigenvalue weighted by Gasteiger charge is 2.18. The third-order valence-corrected chi connectivity index (χ3v) is 7.40. The zero-order chi connectivity index (χ0) is 19.6. The summed E-state index contributed by atoms with van der Waals surface area (Å²) in [6.45, 7) is 8.03. The molecule has 2 heterocycles. The number of sulfonamides is 1. The van der Waals surface area contributed by atoms with Gasteiger partial charge >= 0.3 is 0 Å². The van der Waals surface area contributed by atoms with E-state index in [-0.39, 0.29) is 0 Å². The second kappa shape index (κ2) is 7.88. The lowest BCUT2D eigenvalue weighted by atomic mass is 10.1. The van der Waals surface area contributed by atoms with Crippen molar-refractivity contribution >= 4 is 21.4 Å². The van der Waals surface area contributed by atoms with Crippen molar-refractivity contribution in [1.29, 1.82) is 0 Å². The van der Waals surface area contributed by atoms with Crippen molar-refractivity contribution in [3.8, 4) is 10.6 Å². The Kier molecular flexibility index (Phi) is 5.74. The lowest BCUT2D eigenvalue weighted by Gasteiger charge is -2.11. The van der Waals surface area contributed by atoms with Crippen molar-refractivity contribution in [3.63, 3.8) is 0 Å². The molecule has 0 unspecified atom stereocenters. The van der Waals surface area contributed by atoms with Crippen LogP contribution >= 0.6 is 11.3 Å². The Morgan fingerprint density at radius 3 is 2.52 bits per heavy atom. The van der Waals surface area contributed by atoms with Gasteiger partial charge in [-0.05, 0) is 69.0 Å². The Morgan fingerprint density at radius 1 is 1.07 bits per heavy atom. The van der Waals surface area contributed by atoms with Gasteiger partial charge in [-0.15, -0.1) is 11.3 Å². The normalized spacial score (nSPS) is 11.7. The maximum atomic E-state index is 12.7. The van der Waals surface area contributed by atoms with Crippen LogP contribution in [0.2, 0.25) is 0 Å². The highest BCUT2D eigenvalue weighted by Crippen LogP contribution is 2.27. The monoisotopic (exact) mass is 401 g/mol. The number of nitrogens with one attached hydrogen (secondary N) is 1. The fourth-order valence-electron chi connectivity index (χ4n) is 2.87. The van der Waals surface area contributed by atoms with Crippen molar-refractivity contribution in [2.24, 2.45) is 0 Å². The molecule has 1 aromatic carbocycles. The van der Waals surface area contributed by atoms with Gasteiger partial charge in [0.15, 0.2) is 0 Å². The molecule has 3 aromatic rings. The lowest BCUT2D eigenvalue weighted by molar-refractivity contribution is 0.581. The first-order valence-corrected chi connectivity index (χ1v) is 11.0. The Labute approximate surface area is 164 Å². The summed E-state index contributed by atoms with van der Waals surface area (Å²) in [6, 6.07) is 7.51. The van der Waals surface area contributed by atoms with Gasteiger partial charge in [0.25, 0.3) is 0 Å².